The normalized spacial score (nSPS) is 11.4. The van der Waals surface area contributed by atoms with E-state index < -0.39 is 0 Å². The van der Waals surface area contributed by atoms with Crippen molar-refractivity contribution in [1.29, 1.82) is 0 Å². The Morgan fingerprint density at radius 3 is 1.28 bits per heavy atom. The Kier molecular flexibility index (Phi) is 3.91. The van der Waals surface area contributed by atoms with Gasteiger partial charge in [-0.2, -0.15) is 10.2 Å². The molecule has 0 saturated heterocycles. The van der Waals surface area contributed by atoms with E-state index in [9.17, 15) is 8.78 Å². The van der Waals surface area contributed by atoms with E-state index in [0.29, 0.717) is 0 Å². The summed E-state index contributed by atoms with van der Waals surface area (Å²) in [6.45, 7) is 0. The standard InChI is InChI=1S/C14H10F2N2/c15-13-5-1-11(2-6-13)9-17-18-10-12-3-7-14(16)8-4-12/h1-10H. The first-order valence-electron chi connectivity index (χ1n) is 5.31. The van der Waals surface area contributed by atoms with Crippen LogP contribution in [0.5, 0.6) is 0 Å². The smallest absolute Gasteiger partial charge is 0.123 e. The largest absolute Gasteiger partial charge is 0.207 e. The summed E-state index contributed by atoms with van der Waals surface area (Å²) < 4.78 is 25.2. The SMILES string of the molecule is Fc1ccc(C=NN=Cc2ccc(F)cc2)cc1. The highest BCUT2D eigenvalue weighted by molar-refractivity contribution is 5.82. The molecule has 0 aliphatic rings. The molecular weight excluding hydrogens is 234 g/mol. The van der Waals surface area contributed by atoms with Gasteiger partial charge in [0.25, 0.3) is 0 Å². The second-order valence-electron chi connectivity index (χ2n) is 3.59. The Hall–Kier alpha value is -2.36. The van der Waals surface area contributed by atoms with E-state index in [-0.39, 0.29) is 11.6 Å². The maximum atomic E-state index is 12.6. The maximum absolute atomic E-state index is 12.6. The monoisotopic (exact) mass is 244 g/mol. The van der Waals surface area contributed by atoms with Crippen LogP contribution in [-0.4, -0.2) is 12.4 Å². The molecule has 18 heavy (non-hydrogen) atoms. The Balaban J connectivity index is 1.98. The van der Waals surface area contributed by atoms with Crippen molar-refractivity contribution in [2.45, 2.75) is 0 Å². The number of rotatable bonds is 3. The fourth-order valence-electron chi connectivity index (χ4n) is 1.30. The molecule has 2 aromatic carbocycles. The van der Waals surface area contributed by atoms with Gasteiger partial charge in [0.15, 0.2) is 0 Å². The predicted octanol–water partition coefficient (Wildman–Crippen LogP) is 3.42. The summed E-state index contributed by atoms with van der Waals surface area (Å²) >= 11 is 0. The number of benzene rings is 2. The fourth-order valence-corrected chi connectivity index (χ4v) is 1.30. The highest BCUT2D eigenvalue weighted by Gasteiger charge is 1.90. The molecule has 0 unspecified atom stereocenters. The molecule has 0 aromatic heterocycles. The third-order valence-electron chi connectivity index (χ3n) is 2.22. The van der Waals surface area contributed by atoms with E-state index in [4.69, 9.17) is 0 Å². The molecular formula is C14H10F2N2. The minimum absolute atomic E-state index is 0.290. The molecule has 0 bridgehead atoms. The Morgan fingerprint density at radius 2 is 0.944 bits per heavy atom. The summed E-state index contributed by atoms with van der Waals surface area (Å²) in [5.74, 6) is -0.580. The minimum Gasteiger partial charge on any atom is -0.207 e. The van der Waals surface area contributed by atoms with Crippen molar-refractivity contribution in [2.75, 3.05) is 0 Å². The van der Waals surface area contributed by atoms with Gasteiger partial charge < -0.3 is 0 Å². The highest BCUT2D eigenvalue weighted by atomic mass is 19.1. The molecule has 4 heteroatoms. The summed E-state index contributed by atoms with van der Waals surface area (Å²) in [4.78, 5) is 0. The molecule has 0 fully saturated rings. The summed E-state index contributed by atoms with van der Waals surface area (Å²) in [6.07, 6.45) is 3.03. The molecule has 0 spiro atoms. The van der Waals surface area contributed by atoms with E-state index in [0.717, 1.165) is 11.1 Å². The molecule has 2 aromatic rings. The van der Waals surface area contributed by atoms with Crippen molar-refractivity contribution in [2.24, 2.45) is 10.2 Å². The zero-order chi connectivity index (χ0) is 12.8. The lowest BCUT2D eigenvalue weighted by Gasteiger charge is -1.91. The number of hydrogen-bond donors (Lipinski definition) is 0. The predicted molar refractivity (Wildman–Crippen MR) is 68.0 cm³/mol. The van der Waals surface area contributed by atoms with Gasteiger partial charge in [-0.15, -0.1) is 0 Å². The molecule has 0 N–H and O–H groups in total. The van der Waals surface area contributed by atoms with E-state index in [1.165, 1.54) is 36.7 Å². The molecule has 0 aliphatic heterocycles. The molecule has 0 amide bonds. The van der Waals surface area contributed by atoms with Crippen LogP contribution in [-0.2, 0) is 0 Å². The number of halogens is 2. The first kappa shape index (κ1) is 12.1. The van der Waals surface area contributed by atoms with E-state index in [1.54, 1.807) is 24.3 Å². The van der Waals surface area contributed by atoms with Crippen LogP contribution in [0.3, 0.4) is 0 Å². The van der Waals surface area contributed by atoms with Crippen LogP contribution in [0.25, 0.3) is 0 Å². The highest BCUT2D eigenvalue weighted by Crippen LogP contribution is 2.01. The molecule has 2 rings (SSSR count). The lowest BCUT2D eigenvalue weighted by Crippen LogP contribution is -1.82. The average Bonchev–Trinajstić information content (AvgIpc) is 2.39. The molecule has 0 aliphatic carbocycles. The fraction of sp³-hybridized carbons (Fsp3) is 0. The Labute approximate surface area is 103 Å². The van der Waals surface area contributed by atoms with Crippen LogP contribution in [0.15, 0.2) is 58.7 Å². The van der Waals surface area contributed by atoms with Crippen LogP contribution >= 0.6 is 0 Å². The first-order chi connectivity index (χ1) is 8.74. The quantitative estimate of drug-likeness (QED) is 0.584. The van der Waals surface area contributed by atoms with Gasteiger partial charge in [0.1, 0.15) is 11.6 Å². The zero-order valence-corrected chi connectivity index (χ0v) is 9.42. The van der Waals surface area contributed by atoms with Gasteiger partial charge in [0, 0.05) is 0 Å². The molecule has 90 valence electrons. The van der Waals surface area contributed by atoms with Gasteiger partial charge in [0.05, 0.1) is 12.4 Å². The summed E-state index contributed by atoms with van der Waals surface area (Å²) in [5.41, 5.74) is 1.51. The van der Waals surface area contributed by atoms with Crippen LogP contribution in [0.1, 0.15) is 11.1 Å². The van der Waals surface area contributed by atoms with Crippen LogP contribution < -0.4 is 0 Å². The van der Waals surface area contributed by atoms with Crippen LogP contribution in [0, 0.1) is 11.6 Å². The topological polar surface area (TPSA) is 24.7 Å². The maximum Gasteiger partial charge on any atom is 0.123 e. The third kappa shape index (κ3) is 3.59. The lowest BCUT2D eigenvalue weighted by molar-refractivity contribution is 0.627. The van der Waals surface area contributed by atoms with Crippen molar-refractivity contribution in [1.82, 2.24) is 0 Å². The molecule has 0 heterocycles. The number of hydrogen-bond acceptors (Lipinski definition) is 2. The van der Waals surface area contributed by atoms with E-state index in [1.807, 2.05) is 0 Å². The first-order valence-corrected chi connectivity index (χ1v) is 5.31. The van der Waals surface area contributed by atoms with Gasteiger partial charge in [-0.3, -0.25) is 0 Å². The molecule has 0 saturated carbocycles. The van der Waals surface area contributed by atoms with Gasteiger partial charge in [0.2, 0.25) is 0 Å². The molecule has 0 radical (unpaired) electrons. The number of nitrogens with zero attached hydrogens (tertiary/aromatic N) is 2. The average molecular weight is 244 g/mol. The van der Waals surface area contributed by atoms with Gasteiger partial charge in [-0.1, -0.05) is 24.3 Å². The summed E-state index contributed by atoms with van der Waals surface area (Å²) in [7, 11) is 0. The van der Waals surface area contributed by atoms with Crippen molar-refractivity contribution >= 4 is 12.4 Å². The summed E-state index contributed by atoms with van der Waals surface area (Å²) in [6, 6.07) is 11.8. The van der Waals surface area contributed by atoms with Crippen molar-refractivity contribution < 1.29 is 8.78 Å². The molecule has 0 atom stereocenters. The Bertz CT molecular complexity index is 504. The van der Waals surface area contributed by atoms with Crippen LogP contribution in [0.4, 0.5) is 8.78 Å². The van der Waals surface area contributed by atoms with Gasteiger partial charge >= 0.3 is 0 Å². The summed E-state index contributed by atoms with van der Waals surface area (Å²) in [5, 5.41) is 7.63. The second-order valence-corrected chi connectivity index (χ2v) is 3.59. The zero-order valence-electron chi connectivity index (χ0n) is 9.42. The van der Waals surface area contributed by atoms with Crippen molar-refractivity contribution in [3.8, 4) is 0 Å². The second kappa shape index (κ2) is 5.82. The van der Waals surface area contributed by atoms with Gasteiger partial charge in [-0.25, -0.2) is 8.78 Å². The van der Waals surface area contributed by atoms with Crippen LogP contribution in [0.2, 0.25) is 0 Å². The minimum atomic E-state index is -0.290. The third-order valence-corrected chi connectivity index (χ3v) is 2.22. The molecule has 2 nitrogen and oxygen atoms in total. The Morgan fingerprint density at radius 1 is 0.611 bits per heavy atom. The van der Waals surface area contributed by atoms with E-state index in [2.05, 4.69) is 10.2 Å². The lowest BCUT2D eigenvalue weighted by atomic mass is 10.2. The van der Waals surface area contributed by atoms with Gasteiger partial charge in [-0.05, 0) is 35.4 Å². The van der Waals surface area contributed by atoms with Crippen molar-refractivity contribution in [3.05, 3.63) is 71.3 Å². The van der Waals surface area contributed by atoms with E-state index >= 15 is 0 Å². The van der Waals surface area contributed by atoms with Crippen molar-refractivity contribution in [3.63, 3.8) is 0 Å².